The lowest BCUT2D eigenvalue weighted by Gasteiger charge is -2.26. The van der Waals surface area contributed by atoms with Crippen molar-refractivity contribution in [3.8, 4) is 0 Å². The van der Waals surface area contributed by atoms with Gasteiger partial charge in [-0.25, -0.2) is 0 Å². The number of nitrogens with one attached hydrogen (secondary N) is 1. The van der Waals surface area contributed by atoms with Crippen LogP contribution in [0.2, 0.25) is 0 Å². The number of fused-ring (bicyclic) bond motifs is 1. The van der Waals surface area contributed by atoms with Gasteiger partial charge in [-0.2, -0.15) is 0 Å². The lowest BCUT2D eigenvalue weighted by Crippen LogP contribution is -2.19. The molecule has 0 heterocycles. The Hall–Kier alpha value is -1.02. The SMILES string of the molecule is CNc1cccc2c1C(CN)CCC2. The summed E-state index contributed by atoms with van der Waals surface area (Å²) in [7, 11) is 1.98. The second kappa shape index (κ2) is 4.01. The highest BCUT2D eigenvalue weighted by Crippen LogP contribution is 2.35. The number of benzene rings is 1. The van der Waals surface area contributed by atoms with Crippen LogP contribution >= 0.6 is 0 Å². The van der Waals surface area contributed by atoms with Crippen molar-refractivity contribution in [1.29, 1.82) is 0 Å². The van der Waals surface area contributed by atoms with E-state index in [1.807, 2.05) is 7.05 Å². The molecule has 0 aromatic heterocycles. The van der Waals surface area contributed by atoms with E-state index in [-0.39, 0.29) is 0 Å². The molecule has 1 aliphatic rings. The van der Waals surface area contributed by atoms with Crippen LogP contribution in [0, 0.1) is 0 Å². The van der Waals surface area contributed by atoms with Gasteiger partial charge in [-0.05, 0) is 48.9 Å². The third kappa shape index (κ3) is 1.50. The van der Waals surface area contributed by atoms with Crippen LogP contribution in [-0.4, -0.2) is 13.6 Å². The van der Waals surface area contributed by atoms with Crippen LogP contribution in [-0.2, 0) is 6.42 Å². The summed E-state index contributed by atoms with van der Waals surface area (Å²) < 4.78 is 0. The van der Waals surface area contributed by atoms with Crippen LogP contribution in [0.5, 0.6) is 0 Å². The molecular weight excluding hydrogens is 172 g/mol. The Morgan fingerprint density at radius 1 is 1.50 bits per heavy atom. The van der Waals surface area contributed by atoms with Crippen molar-refractivity contribution in [2.75, 3.05) is 18.9 Å². The van der Waals surface area contributed by atoms with Gasteiger partial charge in [0.1, 0.15) is 0 Å². The third-order valence-electron chi connectivity index (χ3n) is 3.16. The van der Waals surface area contributed by atoms with Gasteiger partial charge < -0.3 is 11.1 Å². The molecule has 0 saturated heterocycles. The van der Waals surface area contributed by atoms with E-state index >= 15 is 0 Å². The van der Waals surface area contributed by atoms with Gasteiger partial charge in [0.2, 0.25) is 0 Å². The van der Waals surface area contributed by atoms with Gasteiger partial charge in [-0.1, -0.05) is 12.1 Å². The zero-order valence-electron chi connectivity index (χ0n) is 8.72. The van der Waals surface area contributed by atoms with Crippen molar-refractivity contribution < 1.29 is 0 Å². The Kier molecular flexibility index (Phi) is 2.73. The molecule has 1 atom stereocenters. The molecule has 1 aliphatic carbocycles. The summed E-state index contributed by atoms with van der Waals surface area (Å²) in [5.41, 5.74) is 10.0. The number of nitrogens with two attached hydrogens (primary N) is 1. The quantitative estimate of drug-likeness (QED) is 0.749. The van der Waals surface area contributed by atoms with E-state index < -0.39 is 0 Å². The monoisotopic (exact) mass is 190 g/mol. The van der Waals surface area contributed by atoms with Crippen molar-refractivity contribution in [1.82, 2.24) is 0 Å². The molecular formula is C12H18N2. The first kappa shape index (κ1) is 9.53. The van der Waals surface area contributed by atoms with Gasteiger partial charge >= 0.3 is 0 Å². The standard InChI is InChI=1S/C12H18N2/c1-14-11-7-3-5-9-4-2-6-10(8-13)12(9)11/h3,5,7,10,14H,2,4,6,8,13H2,1H3. The molecule has 0 radical (unpaired) electrons. The number of anilines is 1. The maximum Gasteiger partial charge on any atom is 0.0376 e. The van der Waals surface area contributed by atoms with Crippen molar-refractivity contribution in [2.24, 2.45) is 5.73 Å². The number of rotatable bonds is 2. The molecule has 14 heavy (non-hydrogen) atoms. The first-order valence-electron chi connectivity index (χ1n) is 5.36. The molecule has 0 bridgehead atoms. The van der Waals surface area contributed by atoms with Gasteiger partial charge in [-0.15, -0.1) is 0 Å². The Morgan fingerprint density at radius 2 is 2.36 bits per heavy atom. The molecule has 3 N–H and O–H groups in total. The molecule has 1 aromatic rings. The summed E-state index contributed by atoms with van der Waals surface area (Å²) in [5.74, 6) is 0.558. The Bertz CT molecular complexity index is 306. The van der Waals surface area contributed by atoms with Crippen LogP contribution in [0.25, 0.3) is 0 Å². The van der Waals surface area contributed by atoms with E-state index in [0.717, 1.165) is 6.54 Å². The largest absolute Gasteiger partial charge is 0.388 e. The minimum absolute atomic E-state index is 0.558. The van der Waals surface area contributed by atoms with E-state index in [0.29, 0.717) is 5.92 Å². The molecule has 0 spiro atoms. The average Bonchev–Trinajstić information content (AvgIpc) is 2.27. The summed E-state index contributed by atoms with van der Waals surface area (Å²) in [6.45, 7) is 0.770. The molecule has 0 fully saturated rings. The van der Waals surface area contributed by atoms with E-state index in [4.69, 9.17) is 5.73 Å². The average molecular weight is 190 g/mol. The highest BCUT2D eigenvalue weighted by Gasteiger charge is 2.21. The topological polar surface area (TPSA) is 38.0 Å². The fourth-order valence-corrected chi connectivity index (χ4v) is 2.45. The second-order valence-corrected chi connectivity index (χ2v) is 3.95. The zero-order valence-corrected chi connectivity index (χ0v) is 8.72. The predicted molar refractivity (Wildman–Crippen MR) is 60.7 cm³/mol. The van der Waals surface area contributed by atoms with Crippen LogP contribution in [0.1, 0.15) is 29.9 Å². The predicted octanol–water partition coefficient (Wildman–Crippen LogP) is 2.11. The smallest absolute Gasteiger partial charge is 0.0376 e. The summed E-state index contributed by atoms with van der Waals surface area (Å²) >= 11 is 0. The van der Waals surface area contributed by atoms with Gasteiger partial charge in [0.15, 0.2) is 0 Å². The Labute approximate surface area is 85.5 Å². The highest BCUT2D eigenvalue weighted by molar-refractivity contribution is 5.57. The highest BCUT2D eigenvalue weighted by atomic mass is 14.8. The lowest BCUT2D eigenvalue weighted by atomic mass is 9.82. The molecule has 2 rings (SSSR count). The fraction of sp³-hybridized carbons (Fsp3) is 0.500. The number of hydrogen-bond acceptors (Lipinski definition) is 2. The minimum Gasteiger partial charge on any atom is -0.388 e. The van der Waals surface area contributed by atoms with Crippen LogP contribution in [0.3, 0.4) is 0 Å². The number of hydrogen-bond donors (Lipinski definition) is 2. The molecule has 0 amide bonds. The second-order valence-electron chi connectivity index (χ2n) is 3.95. The molecule has 76 valence electrons. The van der Waals surface area contributed by atoms with Crippen molar-refractivity contribution in [2.45, 2.75) is 25.2 Å². The Morgan fingerprint density at radius 3 is 3.07 bits per heavy atom. The molecule has 2 nitrogen and oxygen atoms in total. The maximum atomic E-state index is 5.81. The first-order valence-corrected chi connectivity index (χ1v) is 5.36. The van der Waals surface area contributed by atoms with E-state index in [1.165, 1.54) is 36.1 Å². The first-order chi connectivity index (χ1) is 6.86. The maximum absolute atomic E-state index is 5.81. The summed E-state index contributed by atoms with van der Waals surface area (Å²) in [6.07, 6.45) is 3.73. The Balaban J connectivity index is 2.46. The van der Waals surface area contributed by atoms with E-state index in [2.05, 4.69) is 23.5 Å². The normalized spacial score (nSPS) is 20.3. The van der Waals surface area contributed by atoms with Gasteiger partial charge in [-0.3, -0.25) is 0 Å². The molecule has 0 saturated carbocycles. The van der Waals surface area contributed by atoms with Crippen molar-refractivity contribution in [3.63, 3.8) is 0 Å². The lowest BCUT2D eigenvalue weighted by molar-refractivity contribution is 0.562. The fourth-order valence-electron chi connectivity index (χ4n) is 2.45. The number of aryl methyl sites for hydroxylation is 1. The molecule has 2 heteroatoms. The van der Waals surface area contributed by atoms with E-state index in [9.17, 15) is 0 Å². The van der Waals surface area contributed by atoms with Crippen LogP contribution in [0.15, 0.2) is 18.2 Å². The molecule has 1 unspecified atom stereocenters. The minimum atomic E-state index is 0.558. The van der Waals surface area contributed by atoms with Crippen molar-refractivity contribution in [3.05, 3.63) is 29.3 Å². The van der Waals surface area contributed by atoms with Gasteiger partial charge in [0, 0.05) is 12.7 Å². The molecule has 1 aromatic carbocycles. The zero-order chi connectivity index (χ0) is 9.97. The summed E-state index contributed by atoms with van der Waals surface area (Å²) in [4.78, 5) is 0. The van der Waals surface area contributed by atoms with Crippen molar-refractivity contribution >= 4 is 5.69 Å². The van der Waals surface area contributed by atoms with Gasteiger partial charge in [0.05, 0.1) is 0 Å². The third-order valence-corrected chi connectivity index (χ3v) is 3.16. The summed E-state index contributed by atoms with van der Waals surface area (Å²) in [5, 5.41) is 3.26. The van der Waals surface area contributed by atoms with Crippen LogP contribution < -0.4 is 11.1 Å². The summed E-state index contributed by atoms with van der Waals surface area (Å²) in [6, 6.07) is 6.51. The van der Waals surface area contributed by atoms with E-state index in [1.54, 1.807) is 0 Å². The van der Waals surface area contributed by atoms with Crippen LogP contribution in [0.4, 0.5) is 5.69 Å². The molecule has 0 aliphatic heterocycles. The van der Waals surface area contributed by atoms with Gasteiger partial charge in [0.25, 0.3) is 0 Å².